The van der Waals surface area contributed by atoms with Crippen molar-refractivity contribution in [2.75, 3.05) is 12.1 Å². The normalized spacial score (nSPS) is 11.5. The maximum Gasteiger partial charge on any atom is 0.313 e. The largest absolute Gasteiger partial charge is 0.454 e. The van der Waals surface area contributed by atoms with E-state index in [1.807, 2.05) is 6.07 Å². The van der Waals surface area contributed by atoms with Gasteiger partial charge in [0, 0.05) is 12.7 Å². The van der Waals surface area contributed by atoms with Gasteiger partial charge in [0.05, 0.1) is 23.5 Å². The Morgan fingerprint density at radius 3 is 2.50 bits per heavy atom. The molecule has 3 amide bonds. The molecule has 1 aliphatic rings. The molecule has 0 fully saturated rings. The lowest BCUT2D eigenvalue weighted by atomic mass is 10.1. The Morgan fingerprint density at radius 2 is 1.66 bits per heavy atom. The van der Waals surface area contributed by atoms with Gasteiger partial charge in [-0.3, -0.25) is 19.4 Å². The van der Waals surface area contributed by atoms with Crippen LogP contribution >= 0.6 is 0 Å². The van der Waals surface area contributed by atoms with Crippen molar-refractivity contribution in [3.05, 3.63) is 83.7 Å². The maximum absolute atomic E-state index is 12.7. The SMILES string of the molecule is O=C(NCc1ccccn1)C(=O)Nc1ccccc1C(=O)NCc1ccc2c(c1)OCO2. The second-order valence-corrected chi connectivity index (χ2v) is 6.87. The smallest absolute Gasteiger partial charge is 0.313 e. The lowest BCUT2D eigenvalue weighted by Crippen LogP contribution is -2.35. The number of hydrogen-bond donors (Lipinski definition) is 3. The third kappa shape index (κ3) is 5.01. The quantitative estimate of drug-likeness (QED) is 0.513. The predicted molar refractivity (Wildman–Crippen MR) is 115 cm³/mol. The van der Waals surface area contributed by atoms with E-state index in [0.29, 0.717) is 17.2 Å². The summed E-state index contributed by atoms with van der Waals surface area (Å²) < 4.78 is 10.6. The molecule has 0 radical (unpaired) electrons. The Morgan fingerprint density at radius 1 is 0.844 bits per heavy atom. The number of pyridine rings is 1. The monoisotopic (exact) mass is 432 g/mol. The Labute approximate surface area is 183 Å². The summed E-state index contributed by atoms with van der Waals surface area (Å²) in [6, 6.07) is 17.1. The molecule has 3 N–H and O–H groups in total. The van der Waals surface area contributed by atoms with E-state index in [4.69, 9.17) is 9.47 Å². The highest BCUT2D eigenvalue weighted by atomic mass is 16.7. The van der Waals surface area contributed by atoms with Gasteiger partial charge in [0.15, 0.2) is 11.5 Å². The molecule has 1 aromatic heterocycles. The van der Waals surface area contributed by atoms with Gasteiger partial charge in [0.2, 0.25) is 6.79 Å². The van der Waals surface area contributed by atoms with Gasteiger partial charge in [-0.05, 0) is 42.0 Å². The maximum atomic E-state index is 12.7. The molecule has 9 heteroatoms. The van der Waals surface area contributed by atoms with Gasteiger partial charge in [0.1, 0.15) is 0 Å². The summed E-state index contributed by atoms with van der Waals surface area (Å²) in [5.74, 6) is -0.814. The minimum absolute atomic E-state index is 0.116. The highest BCUT2D eigenvalue weighted by Crippen LogP contribution is 2.32. The minimum atomic E-state index is -0.878. The van der Waals surface area contributed by atoms with Crippen LogP contribution in [0.4, 0.5) is 5.69 Å². The highest BCUT2D eigenvalue weighted by molar-refractivity contribution is 6.40. The molecule has 0 saturated heterocycles. The number of carbonyl (C=O) groups excluding carboxylic acids is 3. The van der Waals surface area contributed by atoms with Crippen molar-refractivity contribution < 1.29 is 23.9 Å². The van der Waals surface area contributed by atoms with Crippen LogP contribution in [-0.4, -0.2) is 29.5 Å². The summed E-state index contributed by atoms with van der Waals surface area (Å²) >= 11 is 0. The van der Waals surface area contributed by atoms with E-state index in [-0.39, 0.29) is 31.1 Å². The van der Waals surface area contributed by atoms with Gasteiger partial charge in [-0.1, -0.05) is 24.3 Å². The lowest BCUT2D eigenvalue weighted by molar-refractivity contribution is -0.136. The third-order valence-electron chi connectivity index (χ3n) is 4.67. The van der Waals surface area contributed by atoms with Crippen LogP contribution in [-0.2, 0) is 22.7 Å². The summed E-state index contributed by atoms with van der Waals surface area (Å²) in [6.07, 6.45) is 1.60. The van der Waals surface area contributed by atoms with E-state index in [1.165, 1.54) is 0 Å². The molecule has 3 aromatic rings. The average molecular weight is 432 g/mol. The molecule has 9 nitrogen and oxygen atoms in total. The Balaban J connectivity index is 1.35. The number of ether oxygens (including phenoxy) is 2. The van der Waals surface area contributed by atoms with Crippen LogP contribution in [0.25, 0.3) is 0 Å². The number of anilines is 1. The van der Waals surface area contributed by atoms with Crippen molar-refractivity contribution in [2.24, 2.45) is 0 Å². The molecule has 0 atom stereocenters. The molecule has 0 unspecified atom stereocenters. The standard InChI is InChI=1S/C23H20N4O5/c28-21(25-12-15-8-9-19-20(11-15)32-14-31-19)17-6-1-2-7-18(17)27-23(30)22(29)26-13-16-5-3-4-10-24-16/h1-11H,12-14H2,(H,25,28)(H,26,29)(H,27,30). The number of hydrogen-bond acceptors (Lipinski definition) is 6. The van der Waals surface area contributed by atoms with Crippen molar-refractivity contribution in [3.63, 3.8) is 0 Å². The highest BCUT2D eigenvalue weighted by Gasteiger charge is 2.18. The Bertz CT molecular complexity index is 1150. The molecule has 4 rings (SSSR count). The fourth-order valence-electron chi connectivity index (χ4n) is 3.05. The average Bonchev–Trinajstić information content (AvgIpc) is 3.30. The van der Waals surface area contributed by atoms with Crippen molar-refractivity contribution in [2.45, 2.75) is 13.1 Å². The zero-order valence-electron chi connectivity index (χ0n) is 17.0. The summed E-state index contributed by atoms with van der Waals surface area (Å²) in [5.41, 5.74) is 1.92. The van der Waals surface area contributed by atoms with Crippen LogP contribution in [0.15, 0.2) is 66.9 Å². The van der Waals surface area contributed by atoms with Crippen LogP contribution in [0.1, 0.15) is 21.6 Å². The number of rotatable bonds is 6. The summed E-state index contributed by atoms with van der Waals surface area (Å²) in [6.45, 7) is 0.542. The van der Waals surface area contributed by atoms with Gasteiger partial charge >= 0.3 is 11.8 Å². The zero-order valence-corrected chi connectivity index (χ0v) is 17.0. The van der Waals surface area contributed by atoms with Crippen molar-refractivity contribution in [1.29, 1.82) is 0 Å². The third-order valence-corrected chi connectivity index (χ3v) is 4.67. The number of fused-ring (bicyclic) bond motifs is 1. The molecule has 2 aromatic carbocycles. The van der Waals surface area contributed by atoms with Crippen LogP contribution < -0.4 is 25.4 Å². The first-order valence-corrected chi connectivity index (χ1v) is 9.85. The molecule has 32 heavy (non-hydrogen) atoms. The van der Waals surface area contributed by atoms with Gasteiger partial charge in [-0.25, -0.2) is 0 Å². The number of nitrogens with zero attached hydrogens (tertiary/aromatic N) is 1. The Kier molecular flexibility index (Phi) is 6.26. The molecular weight excluding hydrogens is 412 g/mol. The molecule has 2 heterocycles. The summed E-state index contributed by atoms with van der Waals surface area (Å²) in [5, 5.41) is 7.79. The summed E-state index contributed by atoms with van der Waals surface area (Å²) in [4.78, 5) is 41.2. The van der Waals surface area contributed by atoms with E-state index >= 15 is 0 Å². The zero-order chi connectivity index (χ0) is 22.3. The molecule has 0 bridgehead atoms. The van der Waals surface area contributed by atoms with Gasteiger partial charge in [-0.2, -0.15) is 0 Å². The fourth-order valence-corrected chi connectivity index (χ4v) is 3.05. The topological polar surface area (TPSA) is 119 Å². The van der Waals surface area contributed by atoms with Gasteiger partial charge < -0.3 is 25.4 Å². The number of nitrogens with one attached hydrogen (secondary N) is 3. The van der Waals surface area contributed by atoms with Crippen molar-refractivity contribution in [1.82, 2.24) is 15.6 Å². The van der Waals surface area contributed by atoms with Crippen LogP contribution in [0.3, 0.4) is 0 Å². The van der Waals surface area contributed by atoms with E-state index in [9.17, 15) is 14.4 Å². The van der Waals surface area contributed by atoms with Gasteiger partial charge in [-0.15, -0.1) is 0 Å². The van der Waals surface area contributed by atoms with Crippen LogP contribution in [0, 0.1) is 0 Å². The number of para-hydroxylation sites is 1. The minimum Gasteiger partial charge on any atom is -0.454 e. The van der Waals surface area contributed by atoms with E-state index < -0.39 is 17.7 Å². The molecule has 0 aliphatic carbocycles. The van der Waals surface area contributed by atoms with Crippen LogP contribution in [0.5, 0.6) is 11.5 Å². The molecule has 1 aliphatic heterocycles. The number of aromatic nitrogens is 1. The van der Waals surface area contributed by atoms with E-state index in [0.717, 1.165) is 5.56 Å². The van der Waals surface area contributed by atoms with E-state index in [2.05, 4.69) is 20.9 Å². The number of amides is 3. The first-order chi connectivity index (χ1) is 15.6. The lowest BCUT2D eigenvalue weighted by Gasteiger charge is -2.12. The van der Waals surface area contributed by atoms with Crippen molar-refractivity contribution >= 4 is 23.4 Å². The second kappa shape index (κ2) is 9.61. The molecular formula is C23H20N4O5. The molecule has 0 spiro atoms. The first-order valence-electron chi connectivity index (χ1n) is 9.85. The van der Waals surface area contributed by atoms with Crippen LogP contribution in [0.2, 0.25) is 0 Å². The first kappa shape index (κ1) is 20.9. The predicted octanol–water partition coefficient (Wildman–Crippen LogP) is 2.00. The number of carbonyl (C=O) groups is 3. The Hall–Kier alpha value is -4.40. The molecule has 0 saturated carbocycles. The number of benzene rings is 2. The van der Waals surface area contributed by atoms with E-state index in [1.54, 1.807) is 60.8 Å². The molecule has 162 valence electrons. The summed E-state index contributed by atoms with van der Waals surface area (Å²) in [7, 11) is 0. The second-order valence-electron chi connectivity index (χ2n) is 6.87. The van der Waals surface area contributed by atoms with Gasteiger partial charge in [0.25, 0.3) is 5.91 Å². The fraction of sp³-hybridized carbons (Fsp3) is 0.130. The van der Waals surface area contributed by atoms with Crippen molar-refractivity contribution in [3.8, 4) is 11.5 Å².